The van der Waals surface area contributed by atoms with Crippen molar-refractivity contribution in [3.63, 3.8) is 0 Å². The average Bonchev–Trinajstić information content (AvgIpc) is 3.25. The van der Waals surface area contributed by atoms with Gasteiger partial charge in [-0.15, -0.1) is 0 Å². The predicted molar refractivity (Wildman–Crippen MR) is 90.2 cm³/mol. The smallest absolute Gasteiger partial charge is 0.231 e. The lowest BCUT2D eigenvalue weighted by Crippen LogP contribution is -2.34. The molecular formula is C18H21N5O. The van der Waals surface area contributed by atoms with Crippen LogP contribution in [0, 0.1) is 0 Å². The molecule has 1 atom stereocenters. The van der Waals surface area contributed by atoms with Gasteiger partial charge in [0, 0.05) is 26.3 Å². The van der Waals surface area contributed by atoms with E-state index in [-0.39, 0.29) is 0 Å². The Morgan fingerprint density at radius 2 is 2.08 bits per heavy atom. The maximum Gasteiger partial charge on any atom is 0.231 e. The van der Waals surface area contributed by atoms with Gasteiger partial charge in [-0.3, -0.25) is 9.58 Å². The molecule has 0 bridgehead atoms. The van der Waals surface area contributed by atoms with Crippen LogP contribution < -0.4 is 0 Å². The first kappa shape index (κ1) is 15.1. The molecule has 0 spiro atoms. The number of benzene rings is 1. The minimum atomic E-state index is 0.303. The normalized spacial score (nSPS) is 18.8. The van der Waals surface area contributed by atoms with E-state index in [1.54, 1.807) is 10.9 Å². The lowest BCUT2D eigenvalue weighted by atomic mass is 9.97. The van der Waals surface area contributed by atoms with Gasteiger partial charge in [-0.25, -0.2) is 0 Å². The molecule has 1 aromatic carbocycles. The molecule has 3 heterocycles. The fourth-order valence-electron chi connectivity index (χ4n) is 3.34. The molecular weight excluding hydrogens is 302 g/mol. The van der Waals surface area contributed by atoms with E-state index in [2.05, 4.69) is 50.5 Å². The average molecular weight is 323 g/mol. The largest absolute Gasteiger partial charge is 0.339 e. The monoisotopic (exact) mass is 323 g/mol. The molecule has 0 saturated carbocycles. The second-order valence-corrected chi connectivity index (χ2v) is 6.36. The third-order valence-electron chi connectivity index (χ3n) is 4.60. The quantitative estimate of drug-likeness (QED) is 0.739. The van der Waals surface area contributed by atoms with E-state index in [0.29, 0.717) is 11.7 Å². The molecule has 0 N–H and O–H groups in total. The van der Waals surface area contributed by atoms with Gasteiger partial charge in [-0.05, 0) is 31.0 Å². The molecule has 124 valence electrons. The first-order valence-corrected chi connectivity index (χ1v) is 8.38. The number of piperidine rings is 1. The lowest BCUT2D eigenvalue weighted by Gasteiger charge is -2.30. The van der Waals surface area contributed by atoms with Gasteiger partial charge in [0.1, 0.15) is 5.69 Å². The molecule has 1 fully saturated rings. The zero-order valence-corrected chi connectivity index (χ0v) is 13.8. The van der Waals surface area contributed by atoms with Crippen molar-refractivity contribution in [3.05, 3.63) is 54.0 Å². The Bertz CT molecular complexity index is 795. The number of aromatic nitrogens is 4. The molecule has 2 aromatic heterocycles. The summed E-state index contributed by atoms with van der Waals surface area (Å²) >= 11 is 0. The highest BCUT2D eigenvalue weighted by Gasteiger charge is 2.26. The van der Waals surface area contributed by atoms with E-state index in [9.17, 15) is 0 Å². The first-order chi connectivity index (χ1) is 11.8. The Kier molecular flexibility index (Phi) is 4.13. The van der Waals surface area contributed by atoms with Gasteiger partial charge < -0.3 is 4.52 Å². The van der Waals surface area contributed by atoms with E-state index < -0.39 is 0 Å². The third kappa shape index (κ3) is 3.10. The Morgan fingerprint density at radius 1 is 1.21 bits per heavy atom. The number of rotatable bonds is 4. The lowest BCUT2D eigenvalue weighted by molar-refractivity contribution is 0.180. The van der Waals surface area contributed by atoms with Gasteiger partial charge in [-0.1, -0.05) is 35.5 Å². The highest BCUT2D eigenvalue weighted by molar-refractivity contribution is 5.47. The molecule has 0 aliphatic carbocycles. The van der Waals surface area contributed by atoms with Crippen LogP contribution in [0.2, 0.25) is 0 Å². The summed E-state index contributed by atoms with van der Waals surface area (Å²) in [5.41, 5.74) is 2.22. The number of likely N-dealkylation sites (tertiary alicyclic amines) is 1. The van der Waals surface area contributed by atoms with Gasteiger partial charge in [0.15, 0.2) is 0 Å². The highest BCUT2D eigenvalue weighted by Crippen LogP contribution is 2.28. The van der Waals surface area contributed by atoms with Gasteiger partial charge in [-0.2, -0.15) is 10.1 Å². The van der Waals surface area contributed by atoms with Crippen LogP contribution in [0.3, 0.4) is 0 Å². The molecule has 4 rings (SSSR count). The molecule has 0 radical (unpaired) electrons. The van der Waals surface area contributed by atoms with E-state index >= 15 is 0 Å². The predicted octanol–water partition coefficient (Wildman–Crippen LogP) is 2.85. The van der Waals surface area contributed by atoms with Crippen molar-refractivity contribution in [1.29, 1.82) is 0 Å². The zero-order valence-electron chi connectivity index (χ0n) is 13.8. The summed E-state index contributed by atoms with van der Waals surface area (Å²) in [7, 11) is 1.88. The molecule has 0 amide bonds. The van der Waals surface area contributed by atoms with Crippen LogP contribution in [-0.2, 0) is 13.6 Å². The van der Waals surface area contributed by atoms with Gasteiger partial charge in [0.25, 0.3) is 0 Å². The number of nitrogens with zero attached hydrogens (tertiary/aromatic N) is 5. The van der Waals surface area contributed by atoms with Crippen molar-refractivity contribution < 1.29 is 4.52 Å². The maximum absolute atomic E-state index is 5.55. The van der Waals surface area contributed by atoms with Gasteiger partial charge in [0.05, 0.1) is 5.92 Å². The Morgan fingerprint density at radius 3 is 2.88 bits per heavy atom. The van der Waals surface area contributed by atoms with Crippen LogP contribution in [0.25, 0.3) is 11.5 Å². The summed E-state index contributed by atoms with van der Waals surface area (Å²) in [6.45, 7) is 3.05. The summed E-state index contributed by atoms with van der Waals surface area (Å²) in [5.74, 6) is 1.66. The second-order valence-electron chi connectivity index (χ2n) is 6.36. The Balaban J connectivity index is 1.46. The van der Waals surface area contributed by atoms with Crippen molar-refractivity contribution in [2.45, 2.75) is 25.3 Å². The Labute approximate surface area is 141 Å². The molecule has 24 heavy (non-hydrogen) atoms. The second kappa shape index (κ2) is 6.57. The molecule has 1 aliphatic rings. The van der Waals surface area contributed by atoms with E-state index in [1.807, 2.05) is 13.1 Å². The number of aryl methyl sites for hydroxylation is 1. The fourth-order valence-corrected chi connectivity index (χ4v) is 3.34. The summed E-state index contributed by atoms with van der Waals surface area (Å²) in [6, 6.07) is 12.5. The SMILES string of the molecule is Cn1nccc1-c1noc([C@@H]2CCCN(Cc3ccccc3)C2)n1. The van der Waals surface area contributed by atoms with Crippen molar-refractivity contribution in [3.8, 4) is 11.5 Å². The van der Waals surface area contributed by atoms with Gasteiger partial charge >= 0.3 is 0 Å². The molecule has 6 nitrogen and oxygen atoms in total. The minimum absolute atomic E-state index is 0.303. The van der Waals surface area contributed by atoms with Crippen LogP contribution in [0.1, 0.15) is 30.2 Å². The maximum atomic E-state index is 5.55. The third-order valence-corrected chi connectivity index (χ3v) is 4.60. The summed E-state index contributed by atoms with van der Waals surface area (Å²) < 4.78 is 7.31. The fraction of sp³-hybridized carbons (Fsp3) is 0.389. The van der Waals surface area contributed by atoms with Crippen LogP contribution >= 0.6 is 0 Å². The molecule has 1 saturated heterocycles. The van der Waals surface area contributed by atoms with Crippen LogP contribution in [0.4, 0.5) is 0 Å². The van der Waals surface area contributed by atoms with Gasteiger partial charge in [0.2, 0.25) is 11.7 Å². The topological polar surface area (TPSA) is 60.0 Å². The summed E-state index contributed by atoms with van der Waals surface area (Å²) in [6.07, 6.45) is 3.99. The molecule has 3 aromatic rings. The molecule has 6 heteroatoms. The van der Waals surface area contributed by atoms with Crippen LogP contribution in [0.5, 0.6) is 0 Å². The number of hydrogen-bond donors (Lipinski definition) is 0. The molecule has 0 unspecified atom stereocenters. The summed E-state index contributed by atoms with van der Waals surface area (Å²) in [5, 5.41) is 8.30. The van der Waals surface area contributed by atoms with Crippen molar-refractivity contribution in [2.24, 2.45) is 7.05 Å². The number of hydrogen-bond acceptors (Lipinski definition) is 5. The van der Waals surface area contributed by atoms with Crippen LogP contribution in [0.15, 0.2) is 47.1 Å². The zero-order chi connectivity index (χ0) is 16.4. The molecule has 1 aliphatic heterocycles. The first-order valence-electron chi connectivity index (χ1n) is 8.38. The minimum Gasteiger partial charge on any atom is -0.339 e. The Hall–Kier alpha value is -2.47. The van der Waals surface area contributed by atoms with Crippen LogP contribution in [-0.4, -0.2) is 37.9 Å². The van der Waals surface area contributed by atoms with Crippen molar-refractivity contribution in [1.82, 2.24) is 24.8 Å². The highest BCUT2D eigenvalue weighted by atomic mass is 16.5. The van der Waals surface area contributed by atoms with E-state index in [1.165, 1.54) is 5.56 Å². The van der Waals surface area contributed by atoms with Crippen molar-refractivity contribution in [2.75, 3.05) is 13.1 Å². The van der Waals surface area contributed by atoms with E-state index in [4.69, 9.17) is 4.52 Å². The van der Waals surface area contributed by atoms with E-state index in [0.717, 1.165) is 44.1 Å². The summed E-state index contributed by atoms with van der Waals surface area (Å²) in [4.78, 5) is 7.08. The standard InChI is InChI=1S/C18H21N5O/c1-22-16(9-10-19-22)17-20-18(24-21-17)15-8-5-11-23(13-15)12-14-6-3-2-4-7-14/h2-4,6-7,9-10,15H,5,8,11-13H2,1H3/t15-/m1/s1. The van der Waals surface area contributed by atoms with Crippen molar-refractivity contribution >= 4 is 0 Å².